The summed E-state index contributed by atoms with van der Waals surface area (Å²) in [5.41, 5.74) is 2.81. The van der Waals surface area contributed by atoms with Gasteiger partial charge in [0, 0.05) is 40.8 Å². The maximum atomic E-state index is 10.4. The first-order valence-corrected chi connectivity index (χ1v) is 7.71. The van der Waals surface area contributed by atoms with Crippen molar-refractivity contribution in [3.05, 3.63) is 58.5 Å². The summed E-state index contributed by atoms with van der Waals surface area (Å²) in [5.74, 6) is 0. The summed E-state index contributed by atoms with van der Waals surface area (Å²) >= 11 is 3.38. The number of para-hydroxylation sites is 1. The lowest BCUT2D eigenvalue weighted by Gasteiger charge is -2.09. The normalized spacial score (nSPS) is 12.7. The lowest BCUT2D eigenvalue weighted by molar-refractivity contribution is 0.177. The lowest BCUT2D eigenvalue weighted by atomic mass is 10.0. The fourth-order valence-corrected chi connectivity index (χ4v) is 2.88. The van der Waals surface area contributed by atoms with Crippen molar-refractivity contribution < 1.29 is 5.11 Å². The van der Waals surface area contributed by atoms with Gasteiger partial charge in [-0.1, -0.05) is 18.2 Å². The molecule has 0 amide bonds. The molecule has 1 atom stereocenters. The van der Waals surface area contributed by atoms with Crippen LogP contribution < -0.4 is 0 Å². The van der Waals surface area contributed by atoms with Crippen LogP contribution in [-0.2, 0) is 13.0 Å². The second-order valence-electron chi connectivity index (χ2n) is 4.94. The van der Waals surface area contributed by atoms with Gasteiger partial charge in [0.1, 0.15) is 0 Å². The van der Waals surface area contributed by atoms with E-state index in [0.29, 0.717) is 6.42 Å². The van der Waals surface area contributed by atoms with Gasteiger partial charge in [-0.05, 0) is 35.0 Å². The lowest BCUT2D eigenvalue weighted by Crippen LogP contribution is -2.04. The highest BCUT2D eigenvalue weighted by Gasteiger charge is 2.15. The number of nitrogens with zero attached hydrogens (tertiary/aromatic N) is 3. The number of benzene rings is 1. The van der Waals surface area contributed by atoms with Crippen LogP contribution in [0.15, 0.2) is 47.2 Å². The van der Waals surface area contributed by atoms with Crippen LogP contribution in [0.25, 0.3) is 10.9 Å². The highest BCUT2D eigenvalue weighted by Crippen LogP contribution is 2.25. The van der Waals surface area contributed by atoms with E-state index in [9.17, 15) is 5.11 Å². The van der Waals surface area contributed by atoms with Crippen LogP contribution in [0.1, 0.15) is 24.3 Å². The highest BCUT2D eigenvalue weighted by molar-refractivity contribution is 9.10. The molecule has 0 spiro atoms. The first kappa shape index (κ1) is 14.2. The molecule has 0 saturated heterocycles. The van der Waals surface area contributed by atoms with Crippen molar-refractivity contribution in [2.45, 2.75) is 26.0 Å². The molecule has 0 bridgehead atoms. The third-order valence-corrected chi connectivity index (χ3v) is 3.97. The van der Waals surface area contributed by atoms with Crippen molar-refractivity contribution in [3.8, 4) is 0 Å². The quantitative estimate of drug-likeness (QED) is 0.787. The topological polar surface area (TPSA) is 50.9 Å². The first-order chi connectivity index (χ1) is 10.2. The molecule has 0 fully saturated rings. The minimum atomic E-state index is -0.612. The predicted octanol–water partition coefficient (Wildman–Crippen LogP) is 3.49. The maximum absolute atomic E-state index is 10.4. The summed E-state index contributed by atoms with van der Waals surface area (Å²) in [5, 5.41) is 16.1. The molecule has 108 valence electrons. The second-order valence-corrected chi connectivity index (χ2v) is 5.85. The number of aliphatic hydroxyl groups excluding tert-OH is 1. The van der Waals surface area contributed by atoms with Gasteiger partial charge in [-0.25, -0.2) is 0 Å². The minimum Gasteiger partial charge on any atom is -0.388 e. The highest BCUT2D eigenvalue weighted by atomic mass is 79.9. The van der Waals surface area contributed by atoms with E-state index in [2.05, 4.69) is 45.1 Å². The number of hydrogen-bond acceptors (Lipinski definition) is 3. The van der Waals surface area contributed by atoms with E-state index < -0.39 is 6.10 Å². The monoisotopic (exact) mass is 345 g/mol. The SMILES string of the molecule is CCn1nc(CC(O)c2cncc(Br)c2)c2ccccc21. The number of rotatable bonds is 4. The number of aliphatic hydroxyl groups is 1. The Morgan fingerprint density at radius 1 is 1.29 bits per heavy atom. The van der Waals surface area contributed by atoms with Crippen LogP contribution in [0.2, 0.25) is 0 Å². The maximum Gasteiger partial charge on any atom is 0.0861 e. The third kappa shape index (κ3) is 2.84. The first-order valence-electron chi connectivity index (χ1n) is 6.92. The molecule has 3 rings (SSSR count). The Bertz CT molecular complexity index is 769. The van der Waals surface area contributed by atoms with E-state index in [-0.39, 0.29) is 0 Å². The number of fused-ring (bicyclic) bond motifs is 1. The van der Waals surface area contributed by atoms with Crippen LogP contribution in [0.4, 0.5) is 0 Å². The number of halogens is 1. The minimum absolute atomic E-state index is 0.478. The van der Waals surface area contributed by atoms with Crippen molar-refractivity contribution in [2.75, 3.05) is 0 Å². The Kier molecular flexibility index (Phi) is 4.03. The number of hydrogen-bond donors (Lipinski definition) is 1. The molecule has 1 N–H and O–H groups in total. The fraction of sp³-hybridized carbons (Fsp3) is 0.250. The number of aromatic nitrogens is 3. The van der Waals surface area contributed by atoms with Gasteiger partial charge in [-0.2, -0.15) is 5.10 Å². The van der Waals surface area contributed by atoms with E-state index >= 15 is 0 Å². The molecule has 5 heteroatoms. The van der Waals surface area contributed by atoms with Gasteiger partial charge in [0.05, 0.1) is 17.3 Å². The van der Waals surface area contributed by atoms with Gasteiger partial charge in [0.15, 0.2) is 0 Å². The molecule has 2 heterocycles. The van der Waals surface area contributed by atoms with Gasteiger partial charge < -0.3 is 5.11 Å². The van der Waals surface area contributed by atoms with Gasteiger partial charge in [0.2, 0.25) is 0 Å². The van der Waals surface area contributed by atoms with Gasteiger partial charge in [-0.15, -0.1) is 0 Å². The zero-order valence-corrected chi connectivity index (χ0v) is 13.3. The van der Waals surface area contributed by atoms with E-state index in [1.54, 1.807) is 12.4 Å². The molecule has 0 saturated carbocycles. The standard InChI is InChI=1S/C16H16BrN3O/c1-2-20-15-6-4-3-5-13(15)14(19-20)8-16(21)11-7-12(17)10-18-9-11/h3-7,9-10,16,21H,2,8H2,1H3. The predicted molar refractivity (Wildman–Crippen MR) is 86.0 cm³/mol. The smallest absolute Gasteiger partial charge is 0.0861 e. The van der Waals surface area contributed by atoms with E-state index in [1.165, 1.54) is 0 Å². The Morgan fingerprint density at radius 3 is 2.86 bits per heavy atom. The Labute approximate surface area is 131 Å². The Morgan fingerprint density at radius 2 is 2.10 bits per heavy atom. The molecular weight excluding hydrogens is 330 g/mol. The zero-order valence-electron chi connectivity index (χ0n) is 11.7. The van der Waals surface area contributed by atoms with Crippen molar-refractivity contribution in [2.24, 2.45) is 0 Å². The average Bonchev–Trinajstić information content (AvgIpc) is 2.85. The van der Waals surface area contributed by atoms with E-state index in [0.717, 1.165) is 33.2 Å². The zero-order chi connectivity index (χ0) is 14.8. The summed E-state index contributed by atoms with van der Waals surface area (Å²) in [6.07, 6.45) is 3.26. The molecule has 1 aromatic carbocycles. The molecule has 0 aliphatic rings. The molecule has 3 aromatic rings. The van der Waals surface area contributed by atoms with Crippen molar-refractivity contribution in [1.29, 1.82) is 0 Å². The van der Waals surface area contributed by atoms with Gasteiger partial charge >= 0.3 is 0 Å². The molecule has 0 radical (unpaired) electrons. The second kappa shape index (κ2) is 5.95. The van der Waals surface area contributed by atoms with Crippen molar-refractivity contribution in [3.63, 3.8) is 0 Å². The van der Waals surface area contributed by atoms with Crippen LogP contribution in [-0.4, -0.2) is 19.9 Å². The van der Waals surface area contributed by atoms with E-state index in [4.69, 9.17) is 0 Å². The molecule has 2 aromatic heterocycles. The third-order valence-electron chi connectivity index (χ3n) is 3.53. The molecule has 0 aliphatic heterocycles. The molecule has 0 aliphatic carbocycles. The fourth-order valence-electron chi connectivity index (χ4n) is 2.50. The average molecular weight is 346 g/mol. The summed E-state index contributed by atoms with van der Waals surface area (Å²) in [7, 11) is 0. The van der Waals surface area contributed by atoms with E-state index in [1.807, 2.05) is 22.9 Å². The van der Waals surface area contributed by atoms with Crippen LogP contribution in [0, 0.1) is 0 Å². The molecule has 4 nitrogen and oxygen atoms in total. The summed E-state index contributed by atoms with van der Waals surface area (Å²) in [6.45, 7) is 2.88. The summed E-state index contributed by atoms with van der Waals surface area (Å²) in [4.78, 5) is 4.10. The number of pyridine rings is 1. The number of aryl methyl sites for hydroxylation is 1. The Hall–Kier alpha value is -1.72. The largest absolute Gasteiger partial charge is 0.388 e. The molecule has 1 unspecified atom stereocenters. The van der Waals surface area contributed by atoms with Crippen molar-refractivity contribution >= 4 is 26.8 Å². The van der Waals surface area contributed by atoms with Crippen molar-refractivity contribution in [1.82, 2.24) is 14.8 Å². The molecular formula is C16H16BrN3O. The summed E-state index contributed by atoms with van der Waals surface area (Å²) in [6, 6.07) is 10.0. The van der Waals surface area contributed by atoms with Crippen LogP contribution in [0.5, 0.6) is 0 Å². The summed E-state index contributed by atoms with van der Waals surface area (Å²) < 4.78 is 2.83. The van der Waals surface area contributed by atoms with Crippen LogP contribution in [0.3, 0.4) is 0 Å². The van der Waals surface area contributed by atoms with Gasteiger partial charge in [0.25, 0.3) is 0 Å². The van der Waals surface area contributed by atoms with Gasteiger partial charge in [-0.3, -0.25) is 9.67 Å². The molecule has 21 heavy (non-hydrogen) atoms. The Balaban J connectivity index is 1.94. The van der Waals surface area contributed by atoms with Crippen LogP contribution >= 0.6 is 15.9 Å².